The van der Waals surface area contributed by atoms with Crippen LogP contribution in [0.1, 0.15) is 34.6 Å². The summed E-state index contributed by atoms with van der Waals surface area (Å²) in [5.74, 6) is 1.04. The molecule has 0 radical (unpaired) electrons. The molecule has 0 aromatic carbocycles. The lowest BCUT2D eigenvalue weighted by Crippen LogP contribution is -2.53. The molecule has 1 amide bonds. The highest BCUT2D eigenvalue weighted by Gasteiger charge is 2.26. The van der Waals surface area contributed by atoms with E-state index in [1.807, 2.05) is 25.7 Å². The van der Waals surface area contributed by atoms with Crippen LogP contribution < -0.4 is 5.73 Å². The van der Waals surface area contributed by atoms with Crippen LogP contribution in [0.15, 0.2) is 4.99 Å². The zero-order valence-electron chi connectivity index (χ0n) is 15.6. The van der Waals surface area contributed by atoms with E-state index in [0.717, 1.165) is 6.61 Å². The van der Waals surface area contributed by atoms with E-state index in [2.05, 4.69) is 18.8 Å². The normalized spacial score (nSPS) is 16.2. The Bertz CT molecular complexity index is 403. The average molecular weight is 456 g/mol. The van der Waals surface area contributed by atoms with Gasteiger partial charge in [0.25, 0.3) is 0 Å². The van der Waals surface area contributed by atoms with E-state index < -0.39 is 5.60 Å². The Morgan fingerprint density at radius 3 is 2.21 bits per heavy atom. The molecule has 1 fully saturated rings. The van der Waals surface area contributed by atoms with Gasteiger partial charge >= 0.3 is 6.09 Å². The zero-order chi connectivity index (χ0) is 17.5. The summed E-state index contributed by atoms with van der Waals surface area (Å²) in [6, 6.07) is 0. The van der Waals surface area contributed by atoms with Gasteiger partial charge in [-0.05, 0) is 26.7 Å². The van der Waals surface area contributed by atoms with Gasteiger partial charge in [0.2, 0.25) is 0 Å². The Labute approximate surface area is 162 Å². The van der Waals surface area contributed by atoms with E-state index >= 15 is 0 Å². The highest BCUT2D eigenvalue weighted by atomic mass is 127. The maximum Gasteiger partial charge on any atom is 0.410 e. The van der Waals surface area contributed by atoms with Gasteiger partial charge in [-0.15, -0.1) is 24.0 Å². The fourth-order valence-electron chi connectivity index (χ4n) is 2.09. The van der Waals surface area contributed by atoms with Gasteiger partial charge in [0.1, 0.15) is 5.60 Å². The molecule has 1 saturated heterocycles. The van der Waals surface area contributed by atoms with Crippen LogP contribution in [0.5, 0.6) is 0 Å². The molecule has 1 aliphatic rings. The van der Waals surface area contributed by atoms with E-state index in [0.29, 0.717) is 51.2 Å². The molecule has 0 unspecified atom stereocenters. The number of hydrogen-bond acceptors (Lipinski definition) is 4. The minimum Gasteiger partial charge on any atom is -0.444 e. The summed E-state index contributed by atoms with van der Waals surface area (Å²) < 4.78 is 10.9. The van der Waals surface area contributed by atoms with E-state index in [4.69, 9.17) is 15.2 Å². The van der Waals surface area contributed by atoms with Gasteiger partial charge in [-0.2, -0.15) is 0 Å². The Balaban J connectivity index is 0.00000529. The third kappa shape index (κ3) is 9.51. The molecule has 0 bridgehead atoms. The Hall–Kier alpha value is -0.770. The topological polar surface area (TPSA) is 80.4 Å². The molecule has 2 N–H and O–H groups in total. The zero-order valence-corrected chi connectivity index (χ0v) is 17.9. The van der Waals surface area contributed by atoms with Gasteiger partial charge in [-0.25, -0.2) is 4.79 Å². The number of carbonyl (C=O) groups is 1. The summed E-state index contributed by atoms with van der Waals surface area (Å²) in [6.45, 7) is 14.2. The van der Waals surface area contributed by atoms with Crippen molar-refractivity contribution in [1.29, 1.82) is 0 Å². The fourth-order valence-corrected chi connectivity index (χ4v) is 2.09. The first-order chi connectivity index (χ1) is 10.7. The van der Waals surface area contributed by atoms with Crippen molar-refractivity contribution in [2.24, 2.45) is 16.6 Å². The number of hydrogen-bond donors (Lipinski definition) is 1. The summed E-state index contributed by atoms with van der Waals surface area (Å²) >= 11 is 0. The summed E-state index contributed by atoms with van der Waals surface area (Å²) in [5.41, 5.74) is 5.53. The van der Waals surface area contributed by atoms with Crippen LogP contribution in [0.3, 0.4) is 0 Å². The van der Waals surface area contributed by atoms with Crippen molar-refractivity contribution < 1.29 is 14.3 Å². The Kier molecular flexibility index (Phi) is 10.6. The maximum atomic E-state index is 12.0. The predicted molar refractivity (Wildman–Crippen MR) is 107 cm³/mol. The number of halogens is 1. The van der Waals surface area contributed by atoms with Crippen molar-refractivity contribution in [3.05, 3.63) is 0 Å². The number of rotatable bonds is 5. The van der Waals surface area contributed by atoms with Crippen LogP contribution >= 0.6 is 24.0 Å². The molecular formula is C16H33IN4O3. The molecule has 8 heteroatoms. The molecule has 0 saturated carbocycles. The van der Waals surface area contributed by atoms with Gasteiger partial charge in [-0.1, -0.05) is 13.8 Å². The van der Waals surface area contributed by atoms with E-state index in [9.17, 15) is 4.79 Å². The highest BCUT2D eigenvalue weighted by molar-refractivity contribution is 14.0. The molecule has 0 aromatic heterocycles. The second-order valence-electron chi connectivity index (χ2n) is 7.16. The smallest absolute Gasteiger partial charge is 0.410 e. The van der Waals surface area contributed by atoms with Crippen LogP contribution in [0, 0.1) is 5.92 Å². The lowest BCUT2D eigenvalue weighted by molar-refractivity contribution is 0.0186. The van der Waals surface area contributed by atoms with Crippen molar-refractivity contribution in [3.63, 3.8) is 0 Å². The predicted octanol–water partition coefficient (Wildman–Crippen LogP) is 2.14. The number of ether oxygens (including phenoxy) is 2. The third-order valence-corrected chi connectivity index (χ3v) is 3.22. The number of amides is 1. The van der Waals surface area contributed by atoms with Gasteiger partial charge < -0.3 is 25.0 Å². The second kappa shape index (κ2) is 11.0. The molecule has 0 aliphatic carbocycles. The first-order valence-electron chi connectivity index (χ1n) is 8.29. The van der Waals surface area contributed by atoms with Crippen molar-refractivity contribution in [2.45, 2.75) is 40.2 Å². The van der Waals surface area contributed by atoms with Gasteiger partial charge in [0.15, 0.2) is 5.96 Å². The van der Waals surface area contributed by atoms with Crippen LogP contribution in [-0.4, -0.2) is 73.4 Å². The van der Waals surface area contributed by atoms with E-state index in [1.165, 1.54) is 0 Å². The SMILES string of the molecule is CC(C)COCCN=C(N)N1CCN(C(=O)OC(C)(C)C)CC1.I. The minimum atomic E-state index is -0.468. The summed E-state index contributed by atoms with van der Waals surface area (Å²) in [6.07, 6.45) is -0.269. The first kappa shape index (κ1) is 23.2. The van der Waals surface area contributed by atoms with Crippen LogP contribution in [0.25, 0.3) is 0 Å². The van der Waals surface area contributed by atoms with Crippen LogP contribution in [-0.2, 0) is 9.47 Å². The highest BCUT2D eigenvalue weighted by Crippen LogP contribution is 2.11. The number of nitrogens with zero attached hydrogens (tertiary/aromatic N) is 3. The standard InChI is InChI=1S/C16H32N4O3.HI/c1-13(2)12-22-11-6-18-14(17)19-7-9-20(10-8-19)15(21)23-16(3,4)5;/h13H,6-12H2,1-5H3,(H2,17,18);1H. The second-order valence-corrected chi connectivity index (χ2v) is 7.16. The summed E-state index contributed by atoms with van der Waals surface area (Å²) in [7, 11) is 0. The molecule has 1 rings (SSSR count). The number of nitrogens with two attached hydrogens (primary N) is 1. The minimum absolute atomic E-state index is 0. The lowest BCUT2D eigenvalue weighted by atomic mass is 10.2. The number of guanidine groups is 1. The number of carbonyl (C=O) groups excluding carboxylic acids is 1. The van der Waals surface area contributed by atoms with E-state index in [1.54, 1.807) is 4.90 Å². The average Bonchev–Trinajstić information content (AvgIpc) is 2.44. The maximum absolute atomic E-state index is 12.0. The molecule has 0 spiro atoms. The quantitative estimate of drug-likeness (QED) is 0.297. The van der Waals surface area contributed by atoms with Crippen LogP contribution in [0.4, 0.5) is 4.79 Å². The lowest BCUT2D eigenvalue weighted by Gasteiger charge is -2.36. The van der Waals surface area contributed by atoms with Gasteiger partial charge in [0.05, 0.1) is 13.2 Å². The molecule has 1 heterocycles. The molecule has 0 aromatic rings. The Morgan fingerprint density at radius 1 is 1.17 bits per heavy atom. The third-order valence-electron chi connectivity index (χ3n) is 3.22. The van der Waals surface area contributed by atoms with Crippen molar-refractivity contribution in [3.8, 4) is 0 Å². The number of piperazine rings is 1. The van der Waals surface area contributed by atoms with Crippen LogP contribution in [0.2, 0.25) is 0 Å². The van der Waals surface area contributed by atoms with Crippen molar-refractivity contribution >= 4 is 36.0 Å². The summed E-state index contributed by atoms with van der Waals surface area (Å²) in [5, 5.41) is 0. The molecule has 142 valence electrons. The Morgan fingerprint density at radius 2 is 1.71 bits per heavy atom. The number of aliphatic imine (C=N–C) groups is 1. The molecule has 0 atom stereocenters. The van der Waals surface area contributed by atoms with Crippen molar-refractivity contribution in [2.75, 3.05) is 45.9 Å². The molecule has 7 nitrogen and oxygen atoms in total. The fraction of sp³-hybridized carbons (Fsp3) is 0.875. The molecule has 1 aliphatic heterocycles. The monoisotopic (exact) mass is 456 g/mol. The van der Waals surface area contributed by atoms with E-state index in [-0.39, 0.29) is 30.1 Å². The molecule has 24 heavy (non-hydrogen) atoms. The van der Waals surface area contributed by atoms with Crippen molar-refractivity contribution in [1.82, 2.24) is 9.80 Å². The summed E-state index contributed by atoms with van der Waals surface area (Å²) in [4.78, 5) is 20.0. The first-order valence-corrected chi connectivity index (χ1v) is 8.29. The van der Waals surface area contributed by atoms with Gasteiger partial charge in [-0.3, -0.25) is 4.99 Å². The molecular weight excluding hydrogens is 423 g/mol. The largest absolute Gasteiger partial charge is 0.444 e. The van der Waals surface area contributed by atoms with Gasteiger partial charge in [0, 0.05) is 32.8 Å².